The molecule has 5 heteroatoms. The standard InChI is InChI=1S/C20H21ClN2O2/c1-14(19-11-15-7-4-6-10-18(15)25-19)22-20(24)13-23(2)12-16-8-3-5-9-17(16)21/h3-11,14H,12-13H2,1-2H3,(H,22,24)/t14-/m1/s1. The van der Waals surface area contributed by atoms with Gasteiger partial charge in [-0.1, -0.05) is 48.0 Å². The molecule has 0 bridgehead atoms. The van der Waals surface area contributed by atoms with Crippen molar-refractivity contribution in [1.29, 1.82) is 0 Å². The Labute approximate surface area is 152 Å². The second kappa shape index (κ2) is 7.72. The molecule has 1 aromatic heterocycles. The van der Waals surface area contributed by atoms with Crippen LogP contribution in [0, 0.1) is 0 Å². The number of carbonyl (C=O) groups is 1. The topological polar surface area (TPSA) is 45.5 Å². The number of hydrogen-bond donors (Lipinski definition) is 1. The summed E-state index contributed by atoms with van der Waals surface area (Å²) in [5.74, 6) is 0.700. The summed E-state index contributed by atoms with van der Waals surface area (Å²) >= 11 is 6.17. The first-order valence-electron chi connectivity index (χ1n) is 8.22. The van der Waals surface area contributed by atoms with Gasteiger partial charge in [-0.3, -0.25) is 9.69 Å². The van der Waals surface area contributed by atoms with Crippen molar-refractivity contribution in [3.63, 3.8) is 0 Å². The van der Waals surface area contributed by atoms with E-state index in [1.807, 2.05) is 73.5 Å². The van der Waals surface area contributed by atoms with Crippen LogP contribution >= 0.6 is 11.6 Å². The van der Waals surface area contributed by atoms with Crippen LogP contribution in [0.1, 0.15) is 24.3 Å². The van der Waals surface area contributed by atoms with Gasteiger partial charge < -0.3 is 9.73 Å². The van der Waals surface area contributed by atoms with Crippen LogP contribution in [-0.2, 0) is 11.3 Å². The zero-order valence-corrected chi connectivity index (χ0v) is 15.1. The van der Waals surface area contributed by atoms with Crippen LogP contribution in [0.2, 0.25) is 5.02 Å². The number of fused-ring (bicyclic) bond motifs is 1. The minimum Gasteiger partial charge on any atom is -0.459 e. The number of furan rings is 1. The third-order valence-electron chi connectivity index (χ3n) is 4.06. The van der Waals surface area contributed by atoms with E-state index in [2.05, 4.69) is 5.32 Å². The van der Waals surface area contributed by atoms with E-state index in [9.17, 15) is 4.79 Å². The van der Waals surface area contributed by atoms with E-state index < -0.39 is 0 Å². The average Bonchev–Trinajstić information content (AvgIpc) is 3.01. The van der Waals surface area contributed by atoms with Crippen LogP contribution in [0.15, 0.2) is 59.0 Å². The first-order valence-corrected chi connectivity index (χ1v) is 8.60. The Morgan fingerprint density at radius 3 is 2.68 bits per heavy atom. The Balaban J connectivity index is 1.57. The molecule has 1 amide bonds. The van der Waals surface area contributed by atoms with Crippen molar-refractivity contribution in [3.05, 3.63) is 70.9 Å². The monoisotopic (exact) mass is 356 g/mol. The molecular weight excluding hydrogens is 336 g/mol. The summed E-state index contributed by atoms with van der Waals surface area (Å²) in [6.07, 6.45) is 0. The minimum absolute atomic E-state index is 0.0532. The Morgan fingerprint density at radius 1 is 1.20 bits per heavy atom. The smallest absolute Gasteiger partial charge is 0.234 e. The summed E-state index contributed by atoms with van der Waals surface area (Å²) in [6, 6.07) is 17.3. The normalized spacial score (nSPS) is 12.5. The van der Waals surface area contributed by atoms with Gasteiger partial charge in [0.05, 0.1) is 12.6 Å². The third-order valence-corrected chi connectivity index (χ3v) is 4.43. The van der Waals surface area contributed by atoms with E-state index in [1.54, 1.807) is 0 Å². The number of likely N-dealkylation sites (N-methyl/N-ethyl adjacent to an activating group) is 1. The molecule has 4 nitrogen and oxygen atoms in total. The summed E-state index contributed by atoms with van der Waals surface area (Å²) in [5, 5.41) is 4.73. The van der Waals surface area contributed by atoms with Crippen LogP contribution in [0.25, 0.3) is 11.0 Å². The van der Waals surface area contributed by atoms with E-state index in [4.69, 9.17) is 16.0 Å². The summed E-state index contributed by atoms with van der Waals surface area (Å²) in [7, 11) is 1.90. The molecule has 0 aliphatic rings. The summed E-state index contributed by atoms with van der Waals surface area (Å²) in [4.78, 5) is 14.2. The van der Waals surface area contributed by atoms with Gasteiger partial charge in [0.1, 0.15) is 11.3 Å². The van der Waals surface area contributed by atoms with Gasteiger partial charge in [-0.25, -0.2) is 0 Å². The lowest BCUT2D eigenvalue weighted by Crippen LogP contribution is -2.36. The molecule has 0 radical (unpaired) electrons. The number of halogens is 1. The highest BCUT2D eigenvalue weighted by Gasteiger charge is 2.15. The van der Waals surface area contributed by atoms with Crippen LogP contribution in [0.5, 0.6) is 0 Å². The highest BCUT2D eigenvalue weighted by molar-refractivity contribution is 6.31. The maximum Gasteiger partial charge on any atom is 0.234 e. The van der Waals surface area contributed by atoms with Crippen molar-refractivity contribution < 1.29 is 9.21 Å². The number of amides is 1. The molecule has 130 valence electrons. The maximum atomic E-state index is 12.3. The molecule has 0 saturated carbocycles. The Hall–Kier alpha value is -2.30. The average molecular weight is 357 g/mol. The first-order chi connectivity index (χ1) is 12.0. The number of rotatable bonds is 6. The van der Waals surface area contributed by atoms with E-state index in [0.717, 1.165) is 22.3 Å². The number of nitrogens with one attached hydrogen (secondary N) is 1. The van der Waals surface area contributed by atoms with Crippen LogP contribution in [0.3, 0.4) is 0 Å². The third kappa shape index (κ3) is 4.41. The SMILES string of the molecule is C[C@@H](NC(=O)CN(C)Cc1ccccc1Cl)c1cc2ccccc2o1. The zero-order valence-electron chi connectivity index (χ0n) is 14.3. The fraction of sp³-hybridized carbons (Fsp3) is 0.250. The Kier molecular flexibility index (Phi) is 5.41. The fourth-order valence-electron chi connectivity index (χ4n) is 2.79. The summed E-state index contributed by atoms with van der Waals surface area (Å²) < 4.78 is 5.80. The molecule has 0 fully saturated rings. The van der Waals surface area contributed by atoms with E-state index in [0.29, 0.717) is 11.6 Å². The molecule has 0 aliphatic heterocycles. The number of carbonyl (C=O) groups excluding carboxylic acids is 1. The molecule has 1 heterocycles. The van der Waals surface area contributed by atoms with E-state index in [1.165, 1.54) is 0 Å². The largest absolute Gasteiger partial charge is 0.459 e. The summed E-state index contributed by atoms with van der Waals surface area (Å²) in [5.41, 5.74) is 1.83. The van der Waals surface area contributed by atoms with Crippen molar-refractivity contribution in [2.75, 3.05) is 13.6 Å². The second-order valence-corrected chi connectivity index (χ2v) is 6.65. The Morgan fingerprint density at radius 2 is 1.92 bits per heavy atom. The molecule has 0 aliphatic carbocycles. The van der Waals surface area contributed by atoms with Gasteiger partial charge in [0.25, 0.3) is 0 Å². The van der Waals surface area contributed by atoms with Crippen molar-refractivity contribution in [2.45, 2.75) is 19.5 Å². The highest BCUT2D eigenvalue weighted by atomic mass is 35.5. The quantitative estimate of drug-likeness (QED) is 0.712. The number of para-hydroxylation sites is 1. The van der Waals surface area contributed by atoms with Gasteiger partial charge in [-0.05, 0) is 37.7 Å². The molecule has 2 aromatic carbocycles. The number of benzene rings is 2. The number of nitrogens with zero attached hydrogens (tertiary/aromatic N) is 1. The van der Waals surface area contributed by atoms with Crippen molar-refractivity contribution in [3.8, 4) is 0 Å². The zero-order chi connectivity index (χ0) is 17.8. The molecule has 3 rings (SSSR count). The van der Waals surface area contributed by atoms with Crippen LogP contribution in [0.4, 0.5) is 0 Å². The number of hydrogen-bond acceptors (Lipinski definition) is 3. The Bertz CT molecular complexity index is 842. The molecule has 0 unspecified atom stereocenters. The lowest BCUT2D eigenvalue weighted by molar-refractivity contribution is -0.122. The van der Waals surface area contributed by atoms with Crippen LogP contribution in [-0.4, -0.2) is 24.4 Å². The van der Waals surface area contributed by atoms with E-state index in [-0.39, 0.29) is 18.5 Å². The lowest BCUT2D eigenvalue weighted by Gasteiger charge is -2.18. The fourth-order valence-corrected chi connectivity index (χ4v) is 2.99. The van der Waals surface area contributed by atoms with Gasteiger partial charge in [0, 0.05) is 17.0 Å². The van der Waals surface area contributed by atoms with Crippen LogP contribution < -0.4 is 5.32 Å². The molecule has 25 heavy (non-hydrogen) atoms. The van der Waals surface area contributed by atoms with Gasteiger partial charge in [0.15, 0.2) is 0 Å². The van der Waals surface area contributed by atoms with Crippen molar-refractivity contribution in [2.24, 2.45) is 0 Å². The lowest BCUT2D eigenvalue weighted by atomic mass is 10.2. The highest BCUT2D eigenvalue weighted by Crippen LogP contribution is 2.23. The molecule has 1 atom stereocenters. The van der Waals surface area contributed by atoms with Gasteiger partial charge in [0.2, 0.25) is 5.91 Å². The van der Waals surface area contributed by atoms with Gasteiger partial charge >= 0.3 is 0 Å². The maximum absolute atomic E-state index is 12.3. The van der Waals surface area contributed by atoms with Gasteiger partial charge in [-0.15, -0.1) is 0 Å². The predicted molar refractivity (Wildman–Crippen MR) is 101 cm³/mol. The molecule has 0 saturated heterocycles. The molecule has 1 N–H and O–H groups in total. The second-order valence-electron chi connectivity index (χ2n) is 6.24. The molecule has 3 aromatic rings. The molecular formula is C20H21ClN2O2. The predicted octanol–water partition coefficient (Wildman–Crippen LogP) is 4.40. The van der Waals surface area contributed by atoms with Crippen molar-refractivity contribution in [1.82, 2.24) is 10.2 Å². The van der Waals surface area contributed by atoms with Gasteiger partial charge in [-0.2, -0.15) is 0 Å². The summed E-state index contributed by atoms with van der Waals surface area (Å²) in [6.45, 7) is 2.82. The van der Waals surface area contributed by atoms with Crippen molar-refractivity contribution >= 4 is 28.5 Å². The molecule has 0 spiro atoms. The minimum atomic E-state index is -0.186. The van der Waals surface area contributed by atoms with E-state index >= 15 is 0 Å². The first kappa shape index (κ1) is 17.5.